The van der Waals surface area contributed by atoms with E-state index in [0.717, 1.165) is 16.2 Å². The van der Waals surface area contributed by atoms with Crippen LogP contribution in [0.5, 0.6) is 0 Å². The average Bonchev–Trinajstić information content (AvgIpc) is 2.96. The first-order chi connectivity index (χ1) is 18.4. The quantitative estimate of drug-likeness (QED) is 0.199. The van der Waals surface area contributed by atoms with Crippen molar-refractivity contribution in [2.45, 2.75) is 0 Å². The first kappa shape index (κ1) is 24.7. The van der Waals surface area contributed by atoms with Crippen molar-refractivity contribution >= 4 is 67.2 Å². The number of carbonyl (C=O) groups excluding carboxylic acids is 2. The Hall–Kier alpha value is -5.03. The zero-order chi connectivity index (χ0) is 26.8. The molecule has 6 aromatic rings. The van der Waals surface area contributed by atoms with Gasteiger partial charge in [-0.05, 0) is 24.3 Å². The summed E-state index contributed by atoms with van der Waals surface area (Å²) < 4.78 is 9.33. The summed E-state index contributed by atoms with van der Waals surface area (Å²) in [5, 5.41) is 3.36. The lowest BCUT2D eigenvalue weighted by atomic mass is 10.1. The molecule has 4 heterocycles. The molecule has 12 heteroatoms. The normalized spacial score (nSPS) is 10.8. The van der Waals surface area contributed by atoms with Crippen LogP contribution in [0.2, 0.25) is 5.15 Å². The van der Waals surface area contributed by atoms with Crippen molar-refractivity contribution in [1.29, 1.82) is 0 Å². The third-order valence-corrected chi connectivity index (χ3v) is 6.01. The van der Waals surface area contributed by atoms with Crippen molar-refractivity contribution in [3.05, 3.63) is 88.1 Å². The highest BCUT2D eigenvalue weighted by Crippen LogP contribution is 2.27. The number of hydrogen-bond acceptors (Lipinski definition) is 10. The van der Waals surface area contributed by atoms with Gasteiger partial charge in [0, 0.05) is 39.5 Å². The zero-order valence-electron chi connectivity index (χ0n) is 19.9. The SMILES string of the molecule is COC(=O)c1ccc2c(c1)[nH]c(=O)c1ncncc12.COC(=O)c1ccc2c(c1)nc(Cl)c1ncncc12. The lowest BCUT2D eigenvalue weighted by Gasteiger charge is -2.05. The molecule has 6 rings (SSSR count). The van der Waals surface area contributed by atoms with Crippen LogP contribution in [0.4, 0.5) is 0 Å². The molecule has 0 atom stereocenters. The largest absolute Gasteiger partial charge is 0.465 e. The van der Waals surface area contributed by atoms with E-state index in [9.17, 15) is 14.4 Å². The van der Waals surface area contributed by atoms with Gasteiger partial charge in [0.05, 0.1) is 30.9 Å². The number of esters is 2. The highest BCUT2D eigenvalue weighted by Gasteiger charge is 2.12. The summed E-state index contributed by atoms with van der Waals surface area (Å²) in [7, 11) is 2.64. The van der Waals surface area contributed by atoms with E-state index in [4.69, 9.17) is 11.6 Å². The molecule has 1 N–H and O–H groups in total. The predicted molar refractivity (Wildman–Crippen MR) is 140 cm³/mol. The van der Waals surface area contributed by atoms with Crippen LogP contribution in [0.3, 0.4) is 0 Å². The number of ether oxygens (including phenoxy) is 2. The Morgan fingerprint density at radius 1 is 0.789 bits per heavy atom. The van der Waals surface area contributed by atoms with Crippen molar-refractivity contribution in [2.75, 3.05) is 14.2 Å². The van der Waals surface area contributed by atoms with E-state index in [1.54, 1.807) is 48.8 Å². The van der Waals surface area contributed by atoms with Crippen molar-refractivity contribution in [3.63, 3.8) is 0 Å². The Bertz CT molecular complexity index is 1940. The topological polar surface area (TPSA) is 150 Å². The maximum atomic E-state index is 11.9. The van der Waals surface area contributed by atoms with E-state index in [1.807, 2.05) is 0 Å². The second-order valence-electron chi connectivity index (χ2n) is 7.90. The summed E-state index contributed by atoms with van der Waals surface area (Å²) in [6, 6.07) is 10.1. The highest BCUT2D eigenvalue weighted by atomic mass is 35.5. The molecule has 0 radical (unpaired) electrons. The van der Waals surface area contributed by atoms with Crippen LogP contribution in [0.1, 0.15) is 20.7 Å². The Kier molecular flexibility index (Phi) is 6.58. The van der Waals surface area contributed by atoms with Crippen LogP contribution in [0.15, 0.2) is 66.2 Å². The van der Waals surface area contributed by atoms with Gasteiger partial charge in [0.15, 0.2) is 5.15 Å². The number of nitrogens with zero attached hydrogens (tertiary/aromatic N) is 5. The van der Waals surface area contributed by atoms with Crippen LogP contribution >= 0.6 is 11.6 Å². The van der Waals surface area contributed by atoms with Crippen LogP contribution in [0, 0.1) is 0 Å². The van der Waals surface area contributed by atoms with Gasteiger partial charge in [-0.3, -0.25) is 4.79 Å². The number of rotatable bonds is 2. The molecule has 0 aliphatic carbocycles. The molecule has 0 spiro atoms. The molecular weight excluding hydrogens is 512 g/mol. The van der Waals surface area contributed by atoms with Crippen LogP contribution in [0.25, 0.3) is 43.6 Å². The van der Waals surface area contributed by atoms with E-state index in [1.165, 1.54) is 26.9 Å². The fourth-order valence-electron chi connectivity index (χ4n) is 3.96. The van der Waals surface area contributed by atoms with Gasteiger partial charge in [0.2, 0.25) is 0 Å². The van der Waals surface area contributed by atoms with Gasteiger partial charge in [-0.1, -0.05) is 23.7 Å². The van der Waals surface area contributed by atoms with Crippen molar-refractivity contribution < 1.29 is 19.1 Å². The molecule has 11 nitrogen and oxygen atoms in total. The Morgan fingerprint density at radius 3 is 2.03 bits per heavy atom. The number of benzene rings is 2. The van der Waals surface area contributed by atoms with Gasteiger partial charge in [-0.15, -0.1) is 0 Å². The van der Waals surface area contributed by atoms with Gasteiger partial charge in [0.25, 0.3) is 5.56 Å². The Morgan fingerprint density at radius 2 is 1.37 bits per heavy atom. The summed E-state index contributed by atoms with van der Waals surface area (Å²) in [5.41, 5.74) is 2.57. The molecule has 0 fully saturated rings. The maximum absolute atomic E-state index is 11.9. The molecule has 0 amide bonds. The molecule has 0 saturated heterocycles. The third-order valence-electron chi connectivity index (χ3n) is 5.74. The summed E-state index contributed by atoms with van der Waals surface area (Å²) in [4.78, 5) is 57.8. The first-order valence-corrected chi connectivity index (χ1v) is 11.4. The van der Waals surface area contributed by atoms with Crippen molar-refractivity contribution in [1.82, 2.24) is 29.9 Å². The van der Waals surface area contributed by atoms with E-state index < -0.39 is 11.9 Å². The molecular formula is C26H17ClN6O5. The number of aromatic amines is 1. The van der Waals surface area contributed by atoms with Gasteiger partial charge < -0.3 is 14.5 Å². The standard InChI is InChI=1S/C13H8ClN3O2.C13H9N3O3/c1-19-13(18)7-2-3-8-9-5-15-6-16-11(9)12(14)17-10(8)4-7;1-19-13(18)7-2-3-8-9-5-14-6-15-11(9)12(17)16-10(8)4-7/h2-6H,1H3;2-6H,1H3,(H,16,17). The van der Waals surface area contributed by atoms with Crippen LogP contribution in [-0.4, -0.2) is 56.1 Å². The predicted octanol–water partition coefficient (Wildman–Crippen LogP) is 3.88. The average molecular weight is 529 g/mol. The van der Waals surface area contributed by atoms with E-state index in [-0.39, 0.29) is 10.7 Å². The number of H-pyrrole nitrogens is 1. The van der Waals surface area contributed by atoms with Gasteiger partial charge >= 0.3 is 11.9 Å². The number of methoxy groups -OCH3 is 2. The maximum Gasteiger partial charge on any atom is 0.337 e. The summed E-state index contributed by atoms with van der Waals surface area (Å²) in [5.74, 6) is -0.864. The minimum atomic E-state index is -0.452. The fraction of sp³-hybridized carbons (Fsp3) is 0.0769. The fourth-order valence-corrected chi connectivity index (χ4v) is 4.20. The Balaban J connectivity index is 0.000000155. The van der Waals surface area contributed by atoms with Gasteiger partial charge in [-0.2, -0.15) is 0 Å². The summed E-state index contributed by atoms with van der Waals surface area (Å²) in [6.07, 6.45) is 6.00. The zero-order valence-corrected chi connectivity index (χ0v) is 20.7. The van der Waals surface area contributed by atoms with Crippen LogP contribution < -0.4 is 5.56 Å². The summed E-state index contributed by atoms with van der Waals surface area (Å²) >= 11 is 6.08. The number of nitrogens with one attached hydrogen (secondary N) is 1. The first-order valence-electron chi connectivity index (χ1n) is 11.0. The number of aromatic nitrogens is 6. The molecule has 0 aliphatic heterocycles. The van der Waals surface area contributed by atoms with E-state index >= 15 is 0 Å². The second kappa shape index (κ2) is 10.1. The number of fused-ring (bicyclic) bond motifs is 6. The number of halogens is 1. The number of carbonyl (C=O) groups is 2. The molecule has 0 aliphatic rings. The van der Waals surface area contributed by atoms with Gasteiger partial charge in [0.1, 0.15) is 23.7 Å². The molecule has 2 aromatic carbocycles. The summed E-state index contributed by atoms with van der Waals surface area (Å²) in [6.45, 7) is 0. The minimum Gasteiger partial charge on any atom is -0.465 e. The van der Waals surface area contributed by atoms with Crippen molar-refractivity contribution in [2.24, 2.45) is 0 Å². The monoisotopic (exact) mass is 528 g/mol. The third kappa shape index (κ3) is 4.46. The number of pyridine rings is 2. The van der Waals surface area contributed by atoms with Crippen molar-refractivity contribution in [3.8, 4) is 0 Å². The second-order valence-corrected chi connectivity index (χ2v) is 8.26. The van der Waals surface area contributed by atoms with Crippen LogP contribution in [-0.2, 0) is 9.47 Å². The molecule has 0 saturated carbocycles. The van der Waals surface area contributed by atoms with E-state index in [0.29, 0.717) is 38.6 Å². The molecule has 188 valence electrons. The highest BCUT2D eigenvalue weighted by molar-refractivity contribution is 6.35. The molecule has 38 heavy (non-hydrogen) atoms. The molecule has 0 bridgehead atoms. The Labute approximate surface area is 218 Å². The minimum absolute atomic E-state index is 0.284. The number of hydrogen-bond donors (Lipinski definition) is 1. The molecule has 0 unspecified atom stereocenters. The lowest BCUT2D eigenvalue weighted by molar-refractivity contribution is 0.0592. The smallest absolute Gasteiger partial charge is 0.337 e. The van der Waals surface area contributed by atoms with E-state index in [2.05, 4.69) is 39.4 Å². The lowest BCUT2D eigenvalue weighted by Crippen LogP contribution is -2.09. The van der Waals surface area contributed by atoms with Gasteiger partial charge in [-0.25, -0.2) is 34.5 Å². The molecule has 4 aromatic heterocycles.